The molecule has 7 rings (SSSR count). The highest BCUT2D eigenvalue weighted by atomic mass is 31.1. The lowest BCUT2D eigenvalue weighted by atomic mass is 9.87. The molecule has 0 bridgehead atoms. The van der Waals surface area contributed by atoms with Crippen molar-refractivity contribution in [3.63, 3.8) is 0 Å². The van der Waals surface area contributed by atoms with Gasteiger partial charge in [-0.05, 0) is 76.6 Å². The molecule has 6 heteroatoms. The number of benzene rings is 4. The average molecular weight is 625 g/mol. The lowest BCUT2D eigenvalue weighted by molar-refractivity contribution is -0.473. The molecule has 0 amide bonds. The van der Waals surface area contributed by atoms with Crippen molar-refractivity contribution in [1.29, 1.82) is 0 Å². The molecule has 3 heterocycles. The minimum absolute atomic E-state index is 0.0370. The second-order valence-corrected chi connectivity index (χ2v) is 16.9. The minimum Gasteiger partial charge on any atom is -0.345 e. The molecule has 4 aromatic rings. The Morgan fingerprint density at radius 3 is 1.07 bits per heavy atom. The van der Waals surface area contributed by atoms with Gasteiger partial charge in [-0.2, -0.15) is 0 Å². The molecule has 3 fully saturated rings. The Morgan fingerprint density at radius 2 is 0.773 bits per heavy atom. The van der Waals surface area contributed by atoms with Crippen LogP contribution in [0.25, 0.3) is 0 Å². The zero-order valence-corrected chi connectivity index (χ0v) is 27.4. The standard InChI is InChI=1S/C38H42O4P2/c1-29-30(2)42-38(36(26-16-28-40-38)44(33-21-11-5-12-22-33)34-23-13-6-14-24-34)37(41-29)35(25-15-27-39-37)43(31-17-7-3-8-18-31)32-19-9-4-10-20-32/h3-14,17-24,29-30,35-36H,15-16,25-28H2,1-2H3/t29-,30-,35+,36+,37+,38+/m0/s1. The van der Waals surface area contributed by atoms with Gasteiger partial charge in [0.05, 0.1) is 25.4 Å². The van der Waals surface area contributed by atoms with Gasteiger partial charge in [-0.3, -0.25) is 0 Å². The second kappa shape index (κ2) is 13.1. The monoisotopic (exact) mass is 624 g/mol. The van der Waals surface area contributed by atoms with E-state index in [2.05, 4.69) is 135 Å². The summed E-state index contributed by atoms with van der Waals surface area (Å²) in [4.78, 5) is 0. The third-order valence-corrected chi connectivity index (χ3v) is 15.2. The van der Waals surface area contributed by atoms with Gasteiger partial charge in [-0.25, -0.2) is 0 Å². The summed E-state index contributed by atoms with van der Waals surface area (Å²) in [5.74, 6) is -2.13. The van der Waals surface area contributed by atoms with Crippen molar-refractivity contribution in [3.8, 4) is 0 Å². The fourth-order valence-corrected chi connectivity index (χ4v) is 13.5. The molecule has 0 aromatic heterocycles. The van der Waals surface area contributed by atoms with E-state index in [1.54, 1.807) is 0 Å². The lowest BCUT2D eigenvalue weighted by Gasteiger charge is -2.63. The summed E-state index contributed by atoms with van der Waals surface area (Å²) in [5, 5.41) is 5.31. The van der Waals surface area contributed by atoms with Crippen molar-refractivity contribution in [2.45, 2.75) is 74.6 Å². The van der Waals surface area contributed by atoms with Crippen molar-refractivity contribution < 1.29 is 18.9 Å². The van der Waals surface area contributed by atoms with Crippen LogP contribution in [0.15, 0.2) is 121 Å². The van der Waals surface area contributed by atoms with Gasteiger partial charge >= 0.3 is 0 Å². The molecule has 0 radical (unpaired) electrons. The Kier molecular flexibility index (Phi) is 9.03. The topological polar surface area (TPSA) is 36.9 Å². The molecule has 228 valence electrons. The van der Waals surface area contributed by atoms with Gasteiger partial charge < -0.3 is 18.9 Å². The number of hydrogen-bond acceptors (Lipinski definition) is 4. The van der Waals surface area contributed by atoms with E-state index >= 15 is 0 Å². The van der Waals surface area contributed by atoms with E-state index in [1.165, 1.54) is 21.2 Å². The van der Waals surface area contributed by atoms with Crippen molar-refractivity contribution in [2.75, 3.05) is 13.2 Å². The first-order chi connectivity index (χ1) is 21.6. The fourth-order valence-electron chi connectivity index (χ4n) is 7.34. The van der Waals surface area contributed by atoms with Crippen LogP contribution in [-0.2, 0) is 18.9 Å². The van der Waals surface area contributed by atoms with Crippen molar-refractivity contribution in [2.24, 2.45) is 0 Å². The van der Waals surface area contributed by atoms with Gasteiger partial charge in [0.2, 0.25) is 11.6 Å². The molecule has 3 aliphatic heterocycles. The highest BCUT2D eigenvalue weighted by molar-refractivity contribution is 7.74. The maximum atomic E-state index is 7.36. The predicted molar refractivity (Wildman–Crippen MR) is 183 cm³/mol. The molecule has 3 saturated heterocycles. The third-order valence-electron chi connectivity index (χ3n) is 9.38. The molecule has 0 unspecified atom stereocenters. The summed E-state index contributed by atoms with van der Waals surface area (Å²) >= 11 is 0. The zero-order chi connectivity index (χ0) is 30.0. The van der Waals surface area contributed by atoms with Gasteiger partial charge in [0.1, 0.15) is 0 Å². The van der Waals surface area contributed by atoms with Gasteiger partial charge in [-0.15, -0.1) is 0 Å². The molecule has 0 N–H and O–H groups in total. The van der Waals surface area contributed by atoms with Crippen molar-refractivity contribution in [3.05, 3.63) is 121 Å². The summed E-state index contributed by atoms with van der Waals surface area (Å²) in [7, 11) is -1.75. The van der Waals surface area contributed by atoms with Gasteiger partial charge in [0.15, 0.2) is 0 Å². The van der Waals surface area contributed by atoms with E-state index in [0.29, 0.717) is 13.2 Å². The number of ether oxygens (including phenoxy) is 4. The van der Waals surface area contributed by atoms with Crippen molar-refractivity contribution in [1.82, 2.24) is 0 Å². The lowest BCUT2D eigenvalue weighted by Crippen LogP contribution is -2.77. The summed E-state index contributed by atoms with van der Waals surface area (Å²) in [6.07, 6.45) is 3.63. The van der Waals surface area contributed by atoms with E-state index in [1.807, 2.05) is 0 Å². The molecule has 0 saturated carbocycles. The summed E-state index contributed by atoms with van der Waals surface area (Å²) in [6, 6.07) is 43.9. The molecular formula is C38H42O4P2. The molecule has 0 aliphatic carbocycles. The SMILES string of the molecule is C[C@@H]1O[C@@]2(OCCC[C@H]2P(c2ccccc2)c2ccccc2)[C@]2(OCCC[C@H]2P(c2ccccc2)c2ccccc2)O[C@H]1C. The Balaban J connectivity index is 1.45. The van der Waals surface area contributed by atoms with E-state index in [0.717, 1.165) is 25.7 Å². The highest BCUT2D eigenvalue weighted by Gasteiger charge is 2.71. The first-order valence-electron chi connectivity index (χ1n) is 16.1. The molecule has 2 spiro atoms. The Hall–Kier alpha value is -2.42. The van der Waals surface area contributed by atoms with Crippen LogP contribution in [0.2, 0.25) is 0 Å². The van der Waals surface area contributed by atoms with Crippen LogP contribution >= 0.6 is 15.8 Å². The van der Waals surface area contributed by atoms with Crippen LogP contribution in [0, 0.1) is 0 Å². The first kappa shape index (κ1) is 30.2. The molecular weight excluding hydrogens is 582 g/mol. The quantitative estimate of drug-likeness (QED) is 0.221. The van der Waals surface area contributed by atoms with E-state index in [-0.39, 0.29) is 23.5 Å². The smallest absolute Gasteiger partial charge is 0.232 e. The Labute approximate surface area is 264 Å². The maximum Gasteiger partial charge on any atom is 0.232 e. The number of rotatable bonds is 6. The fraction of sp³-hybridized carbons (Fsp3) is 0.368. The zero-order valence-electron chi connectivity index (χ0n) is 25.6. The Morgan fingerprint density at radius 1 is 0.477 bits per heavy atom. The average Bonchev–Trinajstić information content (AvgIpc) is 3.08. The normalized spacial score (nSPS) is 30.6. The summed E-state index contributed by atoms with van der Waals surface area (Å²) in [6.45, 7) is 5.52. The summed E-state index contributed by atoms with van der Waals surface area (Å²) < 4.78 is 29.1. The second-order valence-electron chi connectivity index (χ2n) is 12.1. The molecule has 3 aliphatic rings. The summed E-state index contributed by atoms with van der Waals surface area (Å²) in [5.41, 5.74) is 0.0741. The van der Waals surface area contributed by atoms with E-state index in [9.17, 15) is 0 Å². The third kappa shape index (κ3) is 5.39. The van der Waals surface area contributed by atoms with E-state index < -0.39 is 27.4 Å². The van der Waals surface area contributed by atoms with Crippen LogP contribution < -0.4 is 21.2 Å². The van der Waals surface area contributed by atoms with E-state index in [4.69, 9.17) is 18.9 Å². The van der Waals surface area contributed by atoms with Crippen LogP contribution in [0.4, 0.5) is 0 Å². The largest absolute Gasteiger partial charge is 0.345 e. The molecule has 4 nitrogen and oxygen atoms in total. The van der Waals surface area contributed by atoms with Gasteiger partial charge in [0.25, 0.3) is 0 Å². The highest BCUT2D eigenvalue weighted by Crippen LogP contribution is 2.63. The maximum absolute atomic E-state index is 7.36. The van der Waals surface area contributed by atoms with Crippen LogP contribution in [0.5, 0.6) is 0 Å². The number of hydrogen-bond donors (Lipinski definition) is 0. The first-order valence-corrected chi connectivity index (χ1v) is 18.9. The predicted octanol–water partition coefficient (Wildman–Crippen LogP) is 6.83. The minimum atomic E-state index is -1.07. The van der Waals surface area contributed by atoms with Crippen LogP contribution in [-0.4, -0.2) is 48.3 Å². The molecule has 4 aromatic carbocycles. The van der Waals surface area contributed by atoms with Gasteiger partial charge in [0, 0.05) is 11.3 Å². The number of fused-ring (bicyclic) bond motifs is 1. The van der Waals surface area contributed by atoms with Crippen molar-refractivity contribution >= 4 is 37.1 Å². The molecule has 44 heavy (non-hydrogen) atoms. The van der Waals surface area contributed by atoms with Crippen LogP contribution in [0.1, 0.15) is 39.5 Å². The van der Waals surface area contributed by atoms with Gasteiger partial charge in [-0.1, -0.05) is 121 Å². The van der Waals surface area contributed by atoms with Crippen LogP contribution in [0.3, 0.4) is 0 Å². The Bertz CT molecular complexity index is 1300. The molecule has 6 atom stereocenters.